The van der Waals surface area contributed by atoms with E-state index in [0.717, 1.165) is 20.9 Å². The maximum absolute atomic E-state index is 12.6. The lowest BCUT2D eigenvalue weighted by molar-refractivity contribution is -0.144. The molecule has 0 amide bonds. The molecule has 0 aromatic heterocycles. The summed E-state index contributed by atoms with van der Waals surface area (Å²) in [4.78, 5) is 26.6. The van der Waals surface area contributed by atoms with Crippen LogP contribution in [0.1, 0.15) is 41.3 Å². The molecule has 2 aromatic carbocycles. The second-order valence-electron chi connectivity index (χ2n) is 5.54. The van der Waals surface area contributed by atoms with Gasteiger partial charge in [0.05, 0.1) is 12.5 Å². The van der Waals surface area contributed by atoms with Crippen molar-refractivity contribution in [2.45, 2.75) is 36.0 Å². The monoisotopic (exact) mass is 326 g/mol. The van der Waals surface area contributed by atoms with Gasteiger partial charge < -0.3 is 4.74 Å². The molecule has 0 spiro atoms. The van der Waals surface area contributed by atoms with E-state index < -0.39 is 0 Å². The van der Waals surface area contributed by atoms with Gasteiger partial charge in [-0.3, -0.25) is 9.59 Å². The summed E-state index contributed by atoms with van der Waals surface area (Å²) in [5.74, 6) is -0.538. The number of carbonyl (C=O) groups excluding carboxylic acids is 2. The molecule has 1 atom stereocenters. The van der Waals surface area contributed by atoms with Crippen molar-refractivity contribution < 1.29 is 14.3 Å². The van der Waals surface area contributed by atoms with Gasteiger partial charge in [0.1, 0.15) is 0 Å². The number of ether oxygens (including phenoxy) is 1. The Labute approximate surface area is 140 Å². The highest BCUT2D eigenvalue weighted by atomic mass is 32.2. The average molecular weight is 326 g/mol. The van der Waals surface area contributed by atoms with E-state index in [4.69, 9.17) is 4.74 Å². The molecular weight excluding hydrogens is 308 g/mol. The minimum Gasteiger partial charge on any atom is -0.466 e. The number of hydrogen-bond acceptors (Lipinski definition) is 4. The van der Waals surface area contributed by atoms with Gasteiger partial charge in [0.25, 0.3) is 0 Å². The molecule has 4 heteroatoms. The molecule has 3 rings (SSSR count). The predicted molar refractivity (Wildman–Crippen MR) is 90.1 cm³/mol. The summed E-state index contributed by atoms with van der Waals surface area (Å²) in [6.45, 7) is 3.96. The van der Waals surface area contributed by atoms with E-state index in [1.54, 1.807) is 18.7 Å². The topological polar surface area (TPSA) is 43.4 Å². The van der Waals surface area contributed by atoms with Crippen LogP contribution >= 0.6 is 11.8 Å². The quantitative estimate of drug-likeness (QED) is 0.791. The van der Waals surface area contributed by atoms with E-state index in [-0.39, 0.29) is 17.7 Å². The largest absolute Gasteiger partial charge is 0.466 e. The predicted octanol–water partition coefficient (Wildman–Crippen LogP) is 4.24. The summed E-state index contributed by atoms with van der Waals surface area (Å²) in [7, 11) is 0. The van der Waals surface area contributed by atoms with E-state index in [2.05, 4.69) is 0 Å². The van der Waals surface area contributed by atoms with Crippen molar-refractivity contribution in [1.82, 2.24) is 0 Å². The van der Waals surface area contributed by atoms with Crippen LogP contribution in [0.25, 0.3) is 0 Å². The summed E-state index contributed by atoms with van der Waals surface area (Å²) in [5, 5.41) is 0. The van der Waals surface area contributed by atoms with Gasteiger partial charge >= 0.3 is 5.97 Å². The zero-order valence-corrected chi connectivity index (χ0v) is 14.0. The molecule has 118 valence electrons. The van der Waals surface area contributed by atoms with Crippen molar-refractivity contribution in [2.75, 3.05) is 6.61 Å². The fraction of sp³-hybridized carbons (Fsp3) is 0.263. The molecule has 1 unspecified atom stereocenters. The standard InChI is InChI=1S/C19H18O3S/c1-3-22-19(21)12(2)13-8-9-18-15(10-13)16(20)11-14-6-4-5-7-17(14)23-18/h4-10,12H,3,11H2,1-2H3. The van der Waals surface area contributed by atoms with Gasteiger partial charge in [0.2, 0.25) is 0 Å². The number of hydrogen-bond donors (Lipinski definition) is 0. The highest BCUT2D eigenvalue weighted by Crippen LogP contribution is 2.38. The normalized spacial score (nSPS) is 14.4. The van der Waals surface area contributed by atoms with Crippen LogP contribution < -0.4 is 0 Å². The van der Waals surface area contributed by atoms with Crippen LogP contribution in [0, 0.1) is 0 Å². The molecule has 0 bridgehead atoms. The Morgan fingerprint density at radius 3 is 2.78 bits per heavy atom. The van der Waals surface area contributed by atoms with Crippen molar-refractivity contribution >= 4 is 23.5 Å². The molecule has 0 saturated carbocycles. The molecule has 1 heterocycles. The van der Waals surface area contributed by atoms with Crippen LogP contribution in [0.3, 0.4) is 0 Å². The number of benzene rings is 2. The zero-order valence-electron chi connectivity index (χ0n) is 13.2. The SMILES string of the molecule is CCOC(=O)C(C)c1ccc2c(c1)C(=O)Cc1ccccc1S2. The number of fused-ring (bicyclic) bond motifs is 2. The Kier molecular flexibility index (Phi) is 4.53. The lowest BCUT2D eigenvalue weighted by Crippen LogP contribution is -2.14. The third-order valence-electron chi connectivity index (χ3n) is 3.99. The number of esters is 1. The second kappa shape index (κ2) is 6.59. The van der Waals surface area contributed by atoms with Crippen LogP contribution in [0.4, 0.5) is 0 Å². The van der Waals surface area contributed by atoms with Gasteiger partial charge in [-0.1, -0.05) is 36.0 Å². The van der Waals surface area contributed by atoms with E-state index in [9.17, 15) is 9.59 Å². The fourth-order valence-electron chi connectivity index (χ4n) is 2.66. The highest BCUT2D eigenvalue weighted by Gasteiger charge is 2.23. The molecule has 0 aliphatic carbocycles. The van der Waals surface area contributed by atoms with Gasteiger partial charge in [-0.15, -0.1) is 0 Å². The molecule has 2 aromatic rings. The van der Waals surface area contributed by atoms with Crippen LogP contribution in [-0.2, 0) is 16.0 Å². The number of ketones is 1. The molecule has 0 N–H and O–H groups in total. The van der Waals surface area contributed by atoms with E-state index in [1.807, 2.05) is 49.4 Å². The maximum atomic E-state index is 12.6. The Hall–Kier alpha value is -2.07. The molecule has 0 radical (unpaired) electrons. The van der Waals surface area contributed by atoms with Crippen molar-refractivity contribution in [3.05, 3.63) is 59.2 Å². The van der Waals surface area contributed by atoms with Crippen LogP contribution in [0.5, 0.6) is 0 Å². The molecule has 3 nitrogen and oxygen atoms in total. The summed E-state index contributed by atoms with van der Waals surface area (Å²) in [6.07, 6.45) is 0.396. The molecule has 1 aliphatic heterocycles. The summed E-state index contributed by atoms with van der Waals surface area (Å²) in [6, 6.07) is 13.7. The second-order valence-corrected chi connectivity index (χ2v) is 6.62. The Balaban J connectivity index is 1.96. The minimum absolute atomic E-state index is 0.0929. The van der Waals surface area contributed by atoms with Gasteiger partial charge in [-0.05, 0) is 43.2 Å². The first kappa shape index (κ1) is 15.8. The van der Waals surface area contributed by atoms with Crippen molar-refractivity contribution in [3.8, 4) is 0 Å². The van der Waals surface area contributed by atoms with E-state index in [1.165, 1.54) is 0 Å². The van der Waals surface area contributed by atoms with Crippen molar-refractivity contribution in [1.29, 1.82) is 0 Å². The van der Waals surface area contributed by atoms with E-state index >= 15 is 0 Å². The van der Waals surface area contributed by atoms with Gasteiger partial charge in [0, 0.05) is 21.8 Å². The lowest BCUT2D eigenvalue weighted by atomic mass is 9.96. The third kappa shape index (κ3) is 3.17. The van der Waals surface area contributed by atoms with Gasteiger partial charge in [-0.2, -0.15) is 0 Å². The summed E-state index contributed by atoms with van der Waals surface area (Å²) >= 11 is 1.61. The Morgan fingerprint density at radius 2 is 2.00 bits per heavy atom. The van der Waals surface area contributed by atoms with Crippen LogP contribution in [0.15, 0.2) is 52.3 Å². The smallest absolute Gasteiger partial charge is 0.313 e. The molecule has 0 saturated heterocycles. The van der Waals surface area contributed by atoms with Crippen LogP contribution in [-0.4, -0.2) is 18.4 Å². The molecule has 23 heavy (non-hydrogen) atoms. The Bertz CT molecular complexity index is 767. The molecule has 1 aliphatic rings. The van der Waals surface area contributed by atoms with Crippen LogP contribution in [0.2, 0.25) is 0 Å². The first-order chi connectivity index (χ1) is 11.1. The van der Waals surface area contributed by atoms with Crippen molar-refractivity contribution in [2.24, 2.45) is 0 Å². The Morgan fingerprint density at radius 1 is 1.22 bits per heavy atom. The van der Waals surface area contributed by atoms with Gasteiger partial charge in [0.15, 0.2) is 5.78 Å². The summed E-state index contributed by atoms with van der Waals surface area (Å²) in [5.41, 5.74) is 2.57. The molecule has 0 fully saturated rings. The number of rotatable bonds is 3. The van der Waals surface area contributed by atoms with E-state index in [0.29, 0.717) is 18.6 Å². The minimum atomic E-state index is -0.372. The highest BCUT2D eigenvalue weighted by molar-refractivity contribution is 7.99. The zero-order chi connectivity index (χ0) is 16.4. The summed E-state index contributed by atoms with van der Waals surface area (Å²) < 4.78 is 5.08. The number of Topliss-reactive ketones (excluding diaryl/α,β-unsaturated/α-hetero) is 1. The lowest BCUT2D eigenvalue weighted by Gasteiger charge is -2.13. The average Bonchev–Trinajstić information content (AvgIpc) is 2.70. The molecular formula is C19H18O3S. The first-order valence-corrected chi connectivity index (χ1v) is 8.51. The first-order valence-electron chi connectivity index (χ1n) is 7.69. The van der Waals surface area contributed by atoms with Crippen molar-refractivity contribution in [3.63, 3.8) is 0 Å². The number of carbonyl (C=O) groups is 2. The van der Waals surface area contributed by atoms with Gasteiger partial charge in [-0.25, -0.2) is 0 Å². The third-order valence-corrected chi connectivity index (χ3v) is 5.18. The fourth-order valence-corrected chi connectivity index (χ4v) is 3.74. The maximum Gasteiger partial charge on any atom is 0.313 e.